The van der Waals surface area contributed by atoms with E-state index in [1.807, 2.05) is 49.9 Å². The van der Waals surface area contributed by atoms with Crippen LogP contribution in [0.2, 0.25) is 0 Å². The average Bonchev–Trinajstić information content (AvgIpc) is 3.05. The number of carbonyl (C=O) groups excluding carboxylic acids is 1. The van der Waals surface area contributed by atoms with Crippen molar-refractivity contribution in [3.05, 3.63) is 41.1 Å². The van der Waals surface area contributed by atoms with E-state index >= 15 is 0 Å². The van der Waals surface area contributed by atoms with Gasteiger partial charge in [0.05, 0.1) is 17.2 Å². The maximum atomic E-state index is 13.1. The van der Waals surface area contributed by atoms with Gasteiger partial charge < -0.3 is 9.64 Å². The second-order valence-corrected chi connectivity index (χ2v) is 6.26. The molecule has 3 rings (SSSR count). The number of hydrogen-bond donors (Lipinski definition) is 0. The molecule has 122 valence electrons. The lowest BCUT2D eigenvalue weighted by molar-refractivity contribution is 0.0540. The molecule has 1 aromatic heterocycles. The number of hydrogen-bond acceptors (Lipinski definition) is 3. The van der Waals surface area contributed by atoms with Gasteiger partial charge in [-0.15, -0.1) is 0 Å². The van der Waals surface area contributed by atoms with Crippen molar-refractivity contribution >= 4 is 16.8 Å². The van der Waals surface area contributed by atoms with Gasteiger partial charge in [0.1, 0.15) is 0 Å². The summed E-state index contributed by atoms with van der Waals surface area (Å²) in [4.78, 5) is 19.6. The second kappa shape index (κ2) is 6.67. The van der Waals surface area contributed by atoms with Crippen LogP contribution in [0.15, 0.2) is 24.3 Å². The summed E-state index contributed by atoms with van der Waals surface area (Å²) in [5, 5.41) is 0.936. The maximum absolute atomic E-state index is 13.1. The molecule has 23 heavy (non-hydrogen) atoms. The number of likely N-dealkylation sites (N-methyl/N-ethyl adjacent to an activating group) is 1. The molecule has 1 saturated heterocycles. The van der Waals surface area contributed by atoms with E-state index in [0.717, 1.165) is 47.2 Å². The monoisotopic (exact) mass is 312 g/mol. The number of pyridine rings is 1. The highest BCUT2D eigenvalue weighted by Gasteiger charge is 2.24. The van der Waals surface area contributed by atoms with E-state index in [9.17, 15) is 4.79 Å². The van der Waals surface area contributed by atoms with Gasteiger partial charge in [-0.05, 0) is 45.2 Å². The highest BCUT2D eigenvalue weighted by Crippen LogP contribution is 2.23. The minimum Gasteiger partial charge on any atom is -0.376 e. The maximum Gasteiger partial charge on any atom is 0.254 e. The lowest BCUT2D eigenvalue weighted by Crippen LogP contribution is -2.37. The molecule has 1 amide bonds. The SMILES string of the molecule is CCN(C[C@@H]1CCCO1)C(=O)c1cc(C)nc2c(C)cccc12. The van der Waals surface area contributed by atoms with Gasteiger partial charge in [0.15, 0.2) is 0 Å². The van der Waals surface area contributed by atoms with Crippen LogP contribution in [0, 0.1) is 13.8 Å². The number of carbonyl (C=O) groups is 1. The summed E-state index contributed by atoms with van der Waals surface area (Å²) in [7, 11) is 0. The number of nitrogens with zero attached hydrogens (tertiary/aromatic N) is 2. The van der Waals surface area contributed by atoms with E-state index in [-0.39, 0.29) is 12.0 Å². The Hall–Kier alpha value is -1.94. The van der Waals surface area contributed by atoms with E-state index in [2.05, 4.69) is 4.98 Å². The molecule has 0 N–H and O–H groups in total. The fourth-order valence-electron chi connectivity index (χ4n) is 3.26. The number of aromatic nitrogens is 1. The van der Waals surface area contributed by atoms with Crippen LogP contribution < -0.4 is 0 Å². The minimum atomic E-state index is 0.0732. The number of ether oxygens (including phenoxy) is 1. The van der Waals surface area contributed by atoms with Gasteiger partial charge >= 0.3 is 0 Å². The van der Waals surface area contributed by atoms with Crippen molar-refractivity contribution in [1.29, 1.82) is 0 Å². The van der Waals surface area contributed by atoms with Crippen LogP contribution in [0.25, 0.3) is 10.9 Å². The molecule has 1 aliphatic rings. The fraction of sp³-hybridized carbons (Fsp3) is 0.474. The largest absolute Gasteiger partial charge is 0.376 e. The van der Waals surface area contributed by atoms with Crippen LogP contribution in [-0.4, -0.2) is 41.6 Å². The minimum absolute atomic E-state index is 0.0732. The topological polar surface area (TPSA) is 42.4 Å². The standard InChI is InChI=1S/C19H24N2O2/c1-4-21(12-15-8-6-10-23-15)19(22)17-11-14(3)20-18-13(2)7-5-9-16(17)18/h5,7,9,11,15H,4,6,8,10,12H2,1-3H3/t15-/m0/s1. The quantitative estimate of drug-likeness (QED) is 0.868. The Labute approximate surface area is 137 Å². The van der Waals surface area contributed by atoms with E-state index in [0.29, 0.717) is 13.1 Å². The number of rotatable bonds is 4. The molecule has 0 bridgehead atoms. The number of aryl methyl sites for hydroxylation is 2. The number of para-hydroxylation sites is 1. The van der Waals surface area contributed by atoms with Crippen LogP contribution in [-0.2, 0) is 4.74 Å². The highest BCUT2D eigenvalue weighted by molar-refractivity contribution is 6.06. The molecule has 0 saturated carbocycles. The molecular weight excluding hydrogens is 288 g/mol. The summed E-state index contributed by atoms with van der Waals surface area (Å²) in [6.07, 6.45) is 2.31. The molecule has 0 aliphatic carbocycles. The van der Waals surface area contributed by atoms with Gasteiger partial charge in [-0.3, -0.25) is 9.78 Å². The molecule has 4 heteroatoms. The Kier molecular flexibility index (Phi) is 4.62. The first-order chi connectivity index (χ1) is 11.1. The molecule has 0 radical (unpaired) electrons. The van der Waals surface area contributed by atoms with Crippen LogP contribution in [0.1, 0.15) is 41.4 Å². The van der Waals surface area contributed by atoms with Crippen LogP contribution >= 0.6 is 0 Å². The predicted octanol–water partition coefficient (Wildman–Crippen LogP) is 3.49. The number of amides is 1. The van der Waals surface area contributed by atoms with Crippen molar-refractivity contribution in [3.8, 4) is 0 Å². The third-order valence-electron chi connectivity index (χ3n) is 4.52. The summed E-state index contributed by atoms with van der Waals surface area (Å²) in [6.45, 7) is 8.17. The molecule has 1 fully saturated rings. The molecule has 0 spiro atoms. The fourth-order valence-corrected chi connectivity index (χ4v) is 3.26. The van der Waals surface area contributed by atoms with E-state index in [4.69, 9.17) is 4.74 Å². The van der Waals surface area contributed by atoms with Crippen molar-refractivity contribution in [2.24, 2.45) is 0 Å². The van der Waals surface area contributed by atoms with E-state index < -0.39 is 0 Å². The summed E-state index contributed by atoms with van der Waals surface area (Å²) < 4.78 is 5.70. The van der Waals surface area contributed by atoms with Crippen LogP contribution in [0.5, 0.6) is 0 Å². The summed E-state index contributed by atoms with van der Waals surface area (Å²) in [5.74, 6) is 0.0732. The molecular formula is C19H24N2O2. The Morgan fingerprint density at radius 2 is 2.22 bits per heavy atom. The van der Waals surface area contributed by atoms with E-state index in [1.165, 1.54) is 0 Å². The first-order valence-electron chi connectivity index (χ1n) is 8.38. The van der Waals surface area contributed by atoms with Crippen molar-refractivity contribution in [3.63, 3.8) is 0 Å². The summed E-state index contributed by atoms with van der Waals surface area (Å²) in [5.41, 5.74) is 3.64. The van der Waals surface area contributed by atoms with Crippen LogP contribution in [0.3, 0.4) is 0 Å². The average molecular weight is 312 g/mol. The second-order valence-electron chi connectivity index (χ2n) is 6.26. The Morgan fingerprint density at radius 3 is 2.91 bits per heavy atom. The summed E-state index contributed by atoms with van der Waals surface area (Å²) >= 11 is 0. The molecule has 4 nitrogen and oxygen atoms in total. The first-order valence-corrected chi connectivity index (χ1v) is 8.38. The predicted molar refractivity (Wildman–Crippen MR) is 91.8 cm³/mol. The Balaban J connectivity index is 1.97. The number of benzene rings is 1. The Morgan fingerprint density at radius 1 is 1.39 bits per heavy atom. The zero-order chi connectivity index (χ0) is 16.4. The van der Waals surface area contributed by atoms with Gasteiger partial charge in [-0.2, -0.15) is 0 Å². The van der Waals surface area contributed by atoms with Crippen molar-refractivity contribution in [2.75, 3.05) is 19.7 Å². The van der Waals surface area contributed by atoms with Crippen molar-refractivity contribution in [2.45, 2.75) is 39.7 Å². The van der Waals surface area contributed by atoms with Crippen LogP contribution in [0.4, 0.5) is 0 Å². The molecule has 2 aromatic rings. The molecule has 1 atom stereocenters. The lowest BCUT2D eigenvalue weighted by Gasteiger charge is -2.25. The first kappa shape index (κ1) is 15.9. The summed E-state index contributed by atoms with van der Waals surface area (Å²) in [6, 6.07) is 7.92. The van der Waals surface area contributed by atoms with Gasteiger partial charge in [-0.1, -0.05) is 18.2 Å². The highest BCUT2D eigenvalue weighted by atomic mass is 16.5. The zero-order valence-electron chi connectivity index (χ0n) is 14.1. The van der Waals surface area contributed by atoms with Gasteiger partial charge in [0, 0.05) is 30.8 Å². The Bertz CT molecular complexity index is 721. The normalized spacial score (nSPS) is 17.6. The molecule has 1 aliphatic heterocycles. The third-order valence-corrected chi connectivity index (χ3v) is 4.52. The lowest BCUT2D eigenvalue weighted by atomic mass is 10.0. The molecule has 1 aromatic carbocycles. The van der Waals surface area contributed by atoms with Gasteiger partial charge in [0.25, 0.3) is 5.91 Å². The zero-order valence-corrected chi connectivity index (χ0v) is 14.1. The van der Waals surface area contributed by atoms with E-state index in [1.54, 1.807) is 0 Å². The number of fused-ring (bicyclic) bond motifs is 1. The molecule has 0 unspecified atom stereocenters. The van der Waals surface area contributed by atoms with Crippen molar-refractivity contribution in [1.82, 2.24) is 9.88 Å². The van der Waals surface area contributed by atoms with Crippen molar-refractivity contribution < 1.29 is 9.53 Å². The third kappa shape index (κ3) is 3.22. The smallest absolute Gasteiger partial charge is 0.254 e. The molecule has 2 heterocycles. The van der Waals surface area contributed by atoms with Gasteiger partial charge in [-0.25, -0.2) is 0 Å². The van der Waals surface area contributed by atoms with Gasteiger partial charge in [0.2, 0.25) is 0 Å².